The first-order valence-corrected chi connectivity index (χ1v) is 11.7. The number of nitro groups is 1. The fourth-order valence-electron chi connectivity index (χ4n) is 3.55. The van der Waals surface area contributed by atoms with Crippen molar-refractivity contribution in [2.45, 2.75) is 50.8 Å². The van der Waals surface area contributed by atoms with Gasteiger partial charge in [0.2, 0.25) is 15.9 Å². The number of non-ortho nitro benzene ring substituents is 1. The first kappa shape index (κ1) is 23.6. The molecule has 2 rings (SSSR count). The van der Waals surface area contributed by atoms with E-state index in [4.69, 9.17) is 11.6 Å². The van der Waals surface area contributed by atoms with Crippen molar-refractivity contribution in [1.29, 1.82) is 0 Å². The SMILES string of the molecule is CCC[C@@H](CC)CNC(=O)C1CCN(S(=O)(=O)c2cc([N+](=O)[O-])ccc2Cl)CC1. The summed E-state index contributed by atoms with van der Waals surface area (Å²) in [5, 5.41) is 13.9. The Morgan fingerprint density at radius 1 is 1.34 bits per heavy atom. The molecule has 1 fully saturated rings. The van der Waals surface area contributed by atoms with Crippen molar-refractivity contribution in [1.82, 2.24) is 9.62 Å². The van der Waals surface area contributed by atoms with Crippen LogP contribution < -0.4 is 5.32 Å². The number of carbonyl (C=O) groups is 1. The first-order valence-electron chi connectivity index (χ1n) is 9.92. The summed E-state index contributed by atoms with van der Waals surface area (Å²) in [4.78, 5) is 22.5. The molecular formula is C19H28ClN3O5S. The van der Waals surface area contributed by atoms with E-state index in [1.165, 1.54) is 16.4 Å². The molecule has 1 saturated heterocycles. The summed E-state index contributed by atoms with van der Waals surface area (Å²) in [6.45, 7) is 5.21. The Morgan fingerprint density at radius 2 is 2.00 bits per heavy atom. The van der Waals surface area contributed by atoms with E-state index < -0.39 is 14.9 Å². The third-order valence-corrected chi connectivity index (χ3v) is 7.79. The molecule has 0 bridgehead atoms. The second-order valence-corrected chi connectivity index (χ2v) is 9.67. The van der Waals surface area contributed by atoms with Gasteiger partial charge in [-0.1, -0.05) is 38.3 Å². The minimum absolute atomic E-state index is 0.0371. The zero-order valence-electron chi connectivity index (χ0n) is 16.8. The molecule has 8 nitrogen and oxygen atoms in total. The lowest BCUT2D eigenvalue weighted by Crippen LogP contribution is -2.43. The lowest BCUT2D eigenvalue weighted by Gasteiger charge is -2.31. The van der Waals surface area contributed by atoms with E-state index in [0.717, 1.165) is 25.3 Å². The van der Waals surface area contributed by atoms with Crippen molar-refractivity contribution < 1.29 is 18.1 Å². The van der Waals surface area contributed by atoms with Gasteiger partial charge in [0.05, 0.1) is 9.95 Å². The summed E-state index contributed by atoms with van der Waals surface area (Å²) in [7, 11) is -3.97. The number of hydrogen-bond donors (Lipinski definition) is 1. The van der Waals surface area contributed by atoms with Crippen LogP contribution in [0.2, 0.25) is 5.02 Å². The largest absolute Gasteiger partial charge is 0.356 e. The highest BCUT2D eigenvalue weighted by Crippen LogP contribution is 2.31. The van der Waals surface area contributed by atoms with Crippen LogP contribution in [0.25, 0.3) is 0 Å². The fraction of sp³-hybridized carbons (Fsp3) is 0.632. The van der Waals surface area contributed by atoms with Gasteiger partial charge in [0, 0.05) is 37.7 Å². The molecule has 1 aliphatic heterocycles. The van der Waals surface area contributed by atoms with Crippen molar-refractivity contribution in [2.24, 2.45) is 11.8 Å². The van der Waals surface area contributed by atoms with E-state index in [2.05, 4.69) is 19.2 Å². The molecule has 0 radical (unpaired) electrons. The van der Waals surface area contributed by atoms with Gasteiger partial charge in [0.15, 0.2) is 0 Å². The summed E-state index contributed by atoms with van der Waals surface area (Å²) < 4.78 is 27.1. The summed E-state index contributed by atoms with van der Waals surface area (Å²) >= 11 is 6.00. The first-order chi connectivity index (χ1) is 13.7. The van der Waals surface area contributed by atoms with Crippen LogP contribution in [0.3, 0.4) is 0 Å². The number of piperidine rings is 1. The van der Waals surface area contributed by atoms with Crippen LogP contribution in [0.15, 0.2) is 23.1 Å². The van der Waals surface area contributed by atoms with E-state index >= 15 is 0 Å². The number of benzene rings is 1. The number of carbonyl (C=O) groups excluding carboxylic acids is 1. The molecule has 0 aromatic heterocycles. The average Bonchev–Trinajstić information content (AvgIpc) is 2.70. The van der Waals surface area contributed by atoms with Crippen molar-refractivity contribution in [2.75, 3.05) is 19.6 Å². The smallest absolute Gasteiger partial charge is 0.270 e. The van der Waals surface area contributed by atoms with Gasteiger partial charge in [0.1, 0.15) is 4.90 Å². The van der Waals surface area contributed by atoms with Crippen molar-refractivity contribution in [3.8, 4) is 0 Å². The van der Waals surface area contributed by atoms with Gasteiger partial charge in [-0.25, -0.2) is 8.42 Å². The molecule has 1 N–H and O–H groups in total. The molecule has 0 saturated carbocycles. The highest BCUT2D eigenvalue weighted by molar-refractivity contribution is 7.89. The fourth-order valence-corrected chi connectivity index (χ4v) is 5.51. The predicted octanol–water partition coefficient (Wildman–Crippen LogP) is 3.59. The van der Waals surface area contributed by atoms with E-state index in [1.807, 2.05) is 0 Å². The van der Waals surface area contributed by atoms with E-state index in [-0.39, 0.29) is 40.5 Å². The monoisotopic (exact) mass is 445 g/mol. The Morgan fingerprint density at radius 3 is 2.55 bits per heavy atom. The normalized spacial score (nSPS) is 17.1. The topological polar surface area (TPSA) is 110 Å². The molecule has 10 heteroatoms. The van der Waals surface area contributed by atoms with Crippen molar-refractivity contribution in [3.05, 3.63) is 33.3 Å². The average molecular weight is 446 g/mol. The summed E-state index contributed by atoms with van der Waals surface area (Å²) in [6.07, 6.45) is 3.96. The Balaban J connectivity index is 2.00. The van der Waals surface area contributed by atoms with Crippen molar-refractivity contribution in [3.63, 3.8) is 0 Å². The summed E-state index contributed by atoms with van der Waals surface area (Å²) in [5.74, 6) is 0.187. The molecule has 1 amide bonds. The standard InChI is InChI=1S/C19H28ClN3O5S/c1-3-5-14(4-2)13-21-19(24)15-8-10-22(11-9-15)29(27,28)18-12-16(23(25)26)6-7-17(18)20/h6-7,12,14-15H,3-5,8-11,13H2,1-2H3,(H,21,24)/t14-/m1/s1. The number of halogens is 1. The molecule has 0 aliphatic carbocycles. The van der Waals surface area contributed by atoms with Gasteiger partial charge >= 0.3 is 0 Å². The second-order valence-electron chi connectivity index (χ2n) is 7.36. The maximum atomic E-state index is 12.9. The maximum absolute atomic E-state index is 12.9. The highest BCUT2D eigenvalue weighted by atomic mass is 35.5. The Hall–Kier alpha value is -1.71. The van der Waals surface area contributed by atoms with Gasteiger partial charge in [-0.05, 0) is 31.2 Å². The van der Waals surface area contributed by atoms with Crippen LogP contribution in [0.4, 0.5) is 5.69 Å². The number of amides is 1. The Bertz CT molecular complexity index is 838. The third kappa shape index (κ3) is 5.90. The maximum Gasteiger partial charge on any atom is 0.270 e. The van der Waals surface area contributed by atoms with Gasteiger partial charge in [-0.3, -0.25) is 14.9 Å². The van der Waals surface area contributed by atoms with E-state index in [1.54, 1.807) is 0 Å². The quantitative estimate of drug-likeness (QED) is 0.461. The number of nitrogens with zero attached hydrogens (tertiary/aromatic N) is 2. The summed E-state index contributed by atoms with van der Waals surface area (Å²) in [5.41, 5.74) is -0.334. The zero-order chi connectivity index (χ0) is 21.6. The molecule has 1 atom stereocenters. The second kappa shape index (κ2) is 10.4. The minimum atomic E-state index is -3.97. The van der Waals surface area contributed by atoms with Crippen LogP contribution in [-0.4, -0.2) is 43.2 Å². The molecule has 162 valence electrons. The van der Waals surface area contributed by atoms with Gasteiger partial charge in [-0.15, -0.1) is 0 Å². The third-order valence-electron chi connectivity index (χ3n) is 5.41. The Kier molecular flexibility index (Phi) is 8.42. The van der Waals surface area contributed by atoms with Crippen molar-refractivity contribution >= 4 is 33.2 Å². The number of sulfonamides is 1. The van der Waals surface area contributed by atoms with E-state index in [0.29, 0.717) is 25.3 Å². The molecule has 0 unspecified atom stereocenters. The van der Waals surface area contributed by atoms with Crippen LogP contribution >= 0.6 is 11.6 Å². The molecule has 1 aliphatic rings. The number of nitro benzene ring substituents is 1. The minimum Gasteiger partial charge on any atom is -0.356 e. The number of nitrogens with one attached hydrogen (secondary N) is 1. The zero-order valence-corrected chi connectivity index (χ0v) is 18.3. The molecule has 1 aromatic carbocycles. The van der Waals surface area contributed by atoms with Crippen LogP contribution in [0.1, 0.15) is 46.0 Å². The lowest BCUT2D eigenvalue weighted by atomic mass is 9.96. The highest BCUT2D eigenvalue weighted by Gasteiger charge is 2.34. The lowest BCUT2D eigenvalue weighted by molar-refractivity contribution is -0.385. The predicted molar refractivity (Wildman–Crippen MR) is 111 cm³/mol. The molecule has 1 aromatic rings. The van der Waals surface area contributed by atoms with Crippen LogP contribution in [0.5, 0.6) is 0 Å². The van der Waals surface area contributed by atoms with Gasteiger partial charge in [0.25, 0.3) is 5.69 Å². The molecule has 0 spiro atoms. The van der Waals surface area contributed by atoms with Gasteiger partial charge < -0.3 is 5.32 Å². The molecule has 29 heavy (non-hydrogen) atoms. The molecule has 1 heterocycles. The number of rotatable bonds is 9. The summed E-state index contributed by atoms with van der Waals surface area (Å²) in [6, 6.07) is 3.36. The van der Waals surface area contributed by atoms with Crippen LogP contribution in [-0.2, 0) is 14.8 Å². The Labute approximate surface area is 176 Å². The molecular weight excluding hydrogens is 418 g/mol. The van der Waals surface area contributed by atoms with E-state index in [9.17, 15) is 23.3 Å². The number of hydrogen-bond acceptors (Lipinski definition) is 5. The van der Waals surface area contributed by atoms with Gasteiger partial charge in [-0.2, -0.15) is 4.31 Å². The van der Waals surface area contributed by atoms with Crippen LogP contribution in [0, 0.1) is 22.0 Å².